The Bertz CT molecular complexity index is 632. The maximum Gasteiger partial charge on any atom is 0.308 e. The van der Waals surface area contributed by atoms with Gasteiger partial charge < -0.3 is 14.4 Å². The van der Waals surface area contributed by atoms with E-state index in [-0.39, 0.29) is 30.8 Å². The number of piperidine rings is 1. The van der Waals surface area contributed by atoms with Crippen LogP contribution >= 0.6 is 0 Å². The van der Waals surface area contributed by atoms with E-state index in [1.54, 1.807) is 9.58 Å². The Morgan fingerprint density at radius 2 is 1.92 bits per heavy atom. The molecule has 8 heteroatoms. The van der Waals surface area contributed by atoms with Gasteiger partial charge in [-0.25, -0.2) is 0 Å². The zero-order valence-electron chi connectivity index (χ0n) is 15.0. The number of methoxy groups -OCH3 is 1. The van der Waals surface area contributed by atoms with Crippen LogP contribution in [0.1, 0.15) is 30.7 Å². The molecule has 1 aliphatic rings. The van der Waals surface area contributed by atoms with E-state index in [2.05, 4.69) is 5.10 Å². The van der Waals surface area contributed by atoms with Gasteiger partial charge in [0.25, 0.3) is 5.91 Å². The van der Waals surface area contributed by atoms with Gasteiger partial charge in [0, 0.05) is 18.8 Å². The molecule has 8 nitrogen and oxygen atoms in total. The quantitative estimate of drug-likeness (QED) is 0.706. The fraction of sp³-hybridized carbons (Fsp3) is 0.647. The summed E-state index contributed by atoms with van der Waals surface area (Å²) in [5, 5.41) is 4.28. The Hall–Kier alpha value is -2.38. The van der Waals surface area contributed by atoms with Gasteiger partial charge in [0.05, 0.1) is 31.7 Å². The van der Waals surface area contributed by atoms with Gasteiger partial charge >= 0.3 is 11.9 Å². The zero-order chi connectivity index (χ0) is 18.4. The number of hydrogen-bond acceptors (Lipinski definition) is 6. The lowest BCUT2D eigenvalue weighted by Crippen LogP contribution is -2.42. The molecular weight excluding hydrogens is 326 g/mol. The number of hydrogen-bond donors (Lipinski definition) is 0. The van der Waals surface area contributed by atoms with E-state index in [9.17, 15) is 14.4 Å². The lowest BCUT2D eigenvalue weighted by Gasteiger charge is -2.30. The van der Waals surface area contributed by atoms with Crippen LogP contribution < -0.4 is 0 Å². The summed E-state index contributed by atoms with van der Waals surface area (Å²) in [5.74, 6) is -1.05. The molecule has 1 saturated heterocycles. The third-order valence-corrected chi connectivity index (χ3v) is 4.37. The molecule has 2 rings (SSSR count). The highest BCUT2D eigenvalue weighted by atomic mass is 16.5. The van der Waals surface area contributed by atoms with Crippen molar-refractivity contribution in [2.75, 3.05) is 26.8 Å². The first-order valence-electron chi connectivity index (χ1n) is 8.43. The summed E-state index contributed by atoms with van der Waals surface area (Å²) in [5.41, 5.74) is 1.88. The fourth-order valence-electron chi connectivity index (χ4n) is 2.94. The van der Waals surface area contributed by atoms with Crippen molar-refractivity contribution in [3.63, 3.8) is 0 Å². The van der Waals surface area contributed by atoms with E-state index in [1.165, 1.54) is 7.11 Å². The van der Waals surface area contributed by atoms with Gasteiger partial charge in [-0.15, -0.1) is 0 Å². The Kier molecular flexibility index (Phi) is 6.55. The topological polar surface area (TPSA) is 90.7 Å². The first-order valence-corrected chi connectivity index (χ1v) is 8.43. The molecule has 25 heavy (non-hydrogen) atoms. The van der Waals surface area contributed by atoms with Gasteiger partial charge in [-0.2, -0.15) is 5.10 Å². The average molecular weight is 351 g/mol. The second kappa shape index (κ2) is 8.64. The highest BCUT2D eigenvalue weighted by Crippen LogP contribution is 2.18. The monoisotopic (exact) mass is 351 g/mol. The van der Waals surface area contributed by atoms with Crippen molar-refractivity contribution >= 4 is 17.8 Å². The number of carbonyl (C=O) groups is 3. The second-order valence-corrected chi connectivity index (χ2v) is 6.24. The summed E-state index contributed by atoms with van der Waals surface area (Å²) < 4.78 is 11.5. The molecule has 2 heterocycles. The van der Waals surface area contributed by atoms with Gasteiger partial charge in [0.15, 0.2) is 6.61 Å². The molecule has 0 aromatic carbocycles. The normalized spacial score (nSPS) is 15.1. The molecule has 0 saturated carbocycles. The van der Waals surface area contributed by atoms with Crippen molar-refractivity contribution in [3.8, 4) is 0 Å². The number of amides is 1. The van der Waals surface area contributed by atoms with E-state index >= 15 is 0 Å². The Morgan fingerprint density at radius 1 is 1.24 bits per heavy atom. The molecule has 0 N–H and O–H groups in total. The highest BCUT2D eigenvalue weighted by molar-refractivity contribution is 5.81. The molecule has 1 fully saturated rings. The zero-order valence-corrected chi connectivity index (χ0v) is 15.0. The van der Waals surface area contributed by atoms with E-state index in [0.29, 0.717) is 32.5 Å². The lowest BCUT2D eigenvalue weighted by molar-refractivity contribution is -0.154. The average Bonchev–Trinajstić information content (AvgIpc) is 2.94. The summed E-state index contributed by atoms with van der Waals surface area (Å²) in [6.07, 6.45) is 1.31. The summed E-state index contributed by atoms with van der Waals surface area (Å²) in [7, 11) is 1.37. The summed E-state index contributed by atoms with van der Waals surface area (Å²) in [6.45, 7) is 4.93. The van der Waals surface area contributed by atoms with Gasteiger partial charge in [-0.1, -0.05) is 0 Å². The Morgan fingerprint density at radius 3 is 2.48 bits per heavy atom. The SMILES string of the molecule is COC(=O)C1CCN(C(=O)COC(=O)CCn2nc(C)cc2C)CC1. The van der Waals surface area contributed by atoms with Gasteiger partial charge in [-0.05, 0) is 32.8 Å². The molecule has 0 atom stereocenters. The van der Waals surface area contributed by atoms with Crippen LogP contribution in [0.5, 0.6) is 0 Å². The minimum absolute atomic E-state index is 0.155. The number of ether oxygens (including phenoxy) is 2. The maximum absolute atomic E-state index is 12.1. The number of aryl methyl sites for hydroxylation is 3. The predicted octanol–water partition coefficient (Wildman–Crippen LogP) is 0.845. The van der Waals surface area contributed by atoms with Crippen molar-refractivity contribution in [1.82, 2.24) is 14.7 Å². The van der Waals surface area contributed by atoms with Crippen molar-refractivity contribution < 1.29 is 23.9 Å². The third kappa shape index (κ3) is 5.30. The van der Waals surface area contributed by atoms with Crippen LogP contribution in [-0.4, -0.2) is 59.3 Å². The number of aromatic nitrogens is 2. The van der Waals surface area contributed by atoms with Gasteiger partial charge in [0.2, 0.25) is 0 Å². The van der Waals surface area contributed by atoms with E-state index in [1.807, 2.05) is 19.9 Å². The molecule has 1 amide bonds. The molecule has 1 aromatic heterocycles. The minimum atomic E-state index is -0.426. The van der Waals surface area contributed by atoms with Gasteiger partial charge in [0.1, 0.15) is 0 Å². The smallest absolute Gasteiger partial charge is 0.308 e. The van der Waals surface area contributed by atoms with Crippen LogP contribution in [0.15, 0.2) is 6.07 Å². The molecule has 1 aliphatic heterocycles. The standard InChI is InChI=1S/C17H25N3O5/c1-12-10-13(2)20(18-12)9-6-16(22)25-11-15(21)19-7-4-14(5-8-19)17(23)24-3/h10,14H,4-9,11H2,1-3H3. The first kappa shape index (κ1) is 19.0. The van der Waals surface area contributed by atoms with Crippen molar-refractivity contribution in [2.45, 2.75) is 39.7 Å². The van der Waals surface area contributed by atoms with E-state index in [4.69, 9.17) is 9.47 Å². The largest absolute Gasteiger partial charge is 0.469 e. The molecule has 0 radical (unpaired) electrons. The molecular formula is C17H25N3O5. The molecule has 0 unspecified atom stereocenters. The molecule has 138 valence electrons. The van der Waals surface area contributed by atoms with Gasteiger partial charge in [-0.3, -0.25) is 19.1 Å². The summed E-state index contributed by atoms with van der Waals surface area (Å²) >= 11 is 0. The minimum Gasteiger partial charge on any atom is -0.469 e. The number of likely N-dealkylation sites (tertiary alicyclic amines) is 1. The summed E-state index contributed by atoms with van der Waals surface area (Å²) in [4.78, 5) is 37.0. The Labute approximate surface area is 147 Å². The lowest BCUT2D eigenvalue weighted by atomic mass is 9.97. The number of carbonyl (C=O) groups excluding carboxylic acids is 3. The first-order chi connectivity index (χ1) is 11.9. The van der Waals surface area contributed by atoms with Crippen LogP contribution in [-0.2, 0) is 30.4 Å². The number of nitrogens with zero attached hydrogens (tertiary/aromatic N) is 3. The van der Waals surface area contributed by atoms with Crippen LogP contribution in [0.3, 0.4) is 0 Å². The van der Waals surface area contributed by atoms with Crippen LogP contribution in [0.25, 0.3) is 0 Å². The third-order valence-electron chi connectivity index (χ3n) is 4.37. The van der Waals surface area contributed by atoms with E-state index in [0.717, 1.165) is 11.4 Å². The van der Waals surface area contributed by atoms with Crippen LogP contribution in [0.2, 0.25) is 0 Å². The van der Waals surface area contributed by atoms with E-state index < -0.39 is 5.97 Å². The number of esters is 2. The predicted molar refractivity (Wildman–Crippen MR) is 88.6 cm³/mol. The molecule has 0 spiro atoms. The van der Waals surface area contributed by atoms with Crippen molar-refractivity contribution in [1.29, 1.82) is 0 Å². The Balaban J connectivity index is 1.68. The number of rotatable bonds is 6. The van der Waals surface area contributed by atoms with Crippen molar-refractivity contribution in [2.24, 2.45) is 5.92 Å². The molecule has 1 aromatic rings. The van der Waals surface area contributed by atoms with Crippen molar-refractivity contribution in [3.05, 3.63) is 17.5 Å². The maximum atomic E-state index is 12.1. The second-order valence-electron chi connectivity index (χ2n) is 6.24. The van der Waals surface area contributed by atoms with Crippen LogP contribution in [0.4, 0.5) is 0 Å². The fourth-order valence-corrected chi connectivity index (χ4v) is 2.94. The molecule has 0 aliphatic carbocycles. The van der Waals surface area contributed by atoms with Crippen LogP contribution in [0, 0.1) is 19.8 Å². The molecule has 0 bridgehead atoms. The highest BCUT2D eigenvalue weighted by Gasteiger charge is 2.28. The summed E-state index contributed by atoms with van der Waals surface area (Å²) in [6, 6.07) is 1.94.